The summed E-state index contributed by atoms with van der Waals surface area (Å²) >= 11 is 1.41. The fraction of sp³-hybridized carbons (Fsp3) is 0.182. The van der Waals surface area contributed by atoms with E-state index in [0.29, 0.717) is 5.13 Å². The number of anilines is 1. The SMILES string of the molecule is O=C(/C=C/c1ccc(F)cc1)Nc1nc(-c2ccc3c(c2)CCCC3)cs1. The Bertz CT molecular complexity index is 992. The Morgan fingerprint density at radius 2 is 1.85 bits per heavy atom. The molecule has 0 saturated heterocycles. The van der Waals surface area contributed by atoms with Crippen LogP contribution in [-0.4, -0.2) is 10.9 Å². The zero-order chi connectivity index (χ0) is 18.6. The summed E-state index contributed by atoms with van der Waals surface area (Å²) in [7, 11) is 0. The van der Waals surface area contributed by atoms with Gasteiger partial charge in [0.1, 0.15) is 5.82 Å². The van der Waals surface area contributed by atoms with Crippen molar-refractivity contribution in [2.24, 2.45) is 0 Å². The molecule has 1 heterocycles. The Morgan fingerprint density at radius 1 is 1.07 bits per heavy atom. The van der Waals surface area contributed by atoms with Gasteiger partial charge in [0, 0.05) is 17.0 Å². The molecule has 0 atom stereocenters. The topological polar surface area (TPSA) is 42.0 Å². The van der Waals surface area contributed by atoms with Gasteiger partial charge < -0.3 is 0 Å². The maximum Gasteiger partial charge on any atom is 0.250 e. The number of hydrogen-bond donors (Lipinski definition) is 1. The van der Waals surface area contributed by atoms with Crippen molar-refractivity contribution in [2.75, 3.05) is 5.32 Å². The molecule has 27 heavy (non-hydrogen) atoms. The van der Waals surface area contributed by atoms with E-state index in [1.165, 1.54) is 53.5 Å². The van der Waals surface area contributed by atoms with Crippen molar-refractivity contribution < 1.29 is 9.18 Å². The van der Waals surface area contributed by atoms with E-state index < -0.39 is 0 Å². The van der Waals surface area contributed by atoms with Crippen LogP contribution in [0.1, 0.15) is 29.5 Å². The zero-order valence-electron chi connectivity index (χ0n) is 14.7. The molecule has 0 aliphatic heterocycles. The highest BCUT2D eigenvalue weighted by molar-refractivity contribution is 7.14. The highest BCUT2D eigenvalue weighted by Gasteiger charge is 2.12. The van der Waals surface area contributed by atoms with Gasteiger partial charge in [-0.15, -0.1) is 11.3 Å². The summed E-state index contributed by atoms with van der Waals surface area (Å²) in [5, 5.41) is 5.31. The van der Waals surface area contributed by atoms with Crippen molar-refractivity contribution in [1.29, 1.82) is 0 Å². The van der Waals surface area contributed by atoms with Gasteiger partial charge in [0.2, 0.25) is 5.91 Å². The van der Waals surface area contributed by atoms with Gasteiger partial charge in [-0.1, -0.05) is 24.3 Å². The molecule has 1 aliphatic rings. The molecule has 0 fully saturated rings. The van der Waals surface area contributed by atoms with Crippen LogP contribution in [-0.2, 0) is 17.6 Å². The van der Waals surface area contributed by atoms with Crippen LogP contribution < -0.4 is 5.32 Å². The van der Waals surface area contributed by atoms with Crippen molar-refractivity contribution in [1.82, 2.24) is 4.98 Å². The van der Waals surface area contributed by atoms with Crippen molar-refractivity contribution in [3.05, 3.63) is 76.4 Å². The van der Waals surface area contributed by atoms with Crippen LogP contribution >= 0.6 is 11.3 Å². The lowest BCUT2D eigenvalue weighted by Crippen LogP contribution is -2.07. The first-order valence-corrected chi connectivity index (χ1v) is 9.88. The number of aryl methyl sites for hydroxylation is 2. The first kappa shape index (κ1) is 17.6. The van der Waals surface area contributed by atoms with E-state index in [9.17, 15) is 9.18 Å². The van der Waals surface area contributed by atoms with Crippen molar-refractivity contribution >= 4 is 28.5 Å². The van der Waals surface area contributed by atoms with Gasteiger partial charge in [-0.3, -0.25) is 10.1 Å². The van der Waals surface area contributed by atoms with Crippen LogP contribution in [0, 0.1) is 5.82 Å². The molecule has 3 nitrogen and oxygen atoms in total. The van der Waals surface area contributed by atoms with E-state index in [0.717, 1.165) is 29.7 Å². The lowest BCUT2D eigenvalue weighted by atomic mass is 9.90. The largest absolute Gasteiger partial charge is 0.298 e. The van der Waals surface area contributed by atoms with Crippen LogP contribution in [0.15, 0.2) is 53.9 Å². The summed E-state index contributed by atoms with van der Waals surface area (Å²) in [4.78, 5) is 16.6. The minimum absolute atomic E-state index is 0.259. The molecule has 5 heteroatoms. The Balaban J connectivity index is 1.43. The number of aromatic nitrogens is 1. The monoisotopic (exact) mass is 378 g/mol. The van der Waals surface area contributed by atoms with Gasteiger partial charge in [-0.05, 0) is 66.6 Å². The molecular formula is C22H19FN2OS. The zero-order valence-corrected chi connectivity index (χ0v) is 15.6. The van der Waals surface area contributed by atoms with Gasteiger partial charge in [-0.2, -0.15) is 0 Å². The number of halogens is 1. The number of carbonyl (C=O) groups excluding carboxylic acids is 1. The highest BCUT2D eigenvalue weighted by atomic mass is 32.1. The van der Waals surface area contributed by atoms with Crippen LogP contribution in [0.5, 0.6) is 0 Å². The standard InChI is InChI=1S/C22H19FN2OS/c23-19-10-5-15(6-11-19)7-12-21(26)25-22-24-20(14-27-22)18-9-8-16-3-1-2-4-17(16)13-18/h5-14H,1-4H2,(H,24,25,26)/b12-7+. The molecule has 1 aromatic heterocycles. The Labute approximate surface area is 161 Å². The third-order valence-corrected chi connectivity index (χ3v) is 5.43. The number of nitrogens with zero attached hydrogens (tertiary/aromatic N) is 1. The fourth-order valence-electron chi connectivity index (χ4n) is 3.25. The van der Waals surface area contributed by atoms with Gasteiger partial charge in [0.25, 0.3) is 0 Å². The number of fused-ring (bicyclic) bond motifs is 1. The molecule has 0 radical (unpaired) electrons. The van der Waals surface area contributed by atoms with E-state index in [1.807, 2.05) is 5.38 Å². The predicted molar refractivity (Wildman–Crippen MR) is 108 cm³/mol. The molecule has 2 aromatic carbocycles. The second kappa shape index (κ2) is 7.84. The summed E-state index contributed by atoms with van der Waals surface area (Å²) in [5.74, 6) is -0.556. The van der Waals surface area contributed by atoms with Crippen molar-refractivity contribution in [3.8, 4) is 11.3 Å². The van der Waals surface area contributed by atoms with Crippen LogP contribution in [0.4, 0.5) is 9.52 Å². The average molecular weight is 378 g/mol. The number of nitrogens with one attached hydrogen (secondary N) is 1. The number of hydrogen-bond acceptors (Lipinski definition) is 3. The number of benzene rings is 2. The maximum absolute atomic E-state index is 12.9. The van der Waals surface area contributed by atoms with E-state index >= 15 is 0 Å². The molecule has 3 aromatic rings. The maximum atomic E-state index is 12.9. The Kier molecular flexibility index (Phi) is 5.12. The molecule has 0 bridgehead atoms. The minimum Gasteiger partial charge on any atom is -0.298 e. The Hall–Kier alpha value is -2.79. The Morgan fingerprint density at radius 3 is 2.67 bits per heavy atom. The summed E-state index contributed by atoms with van der Waals surface area (Å²) in [6.45, 7) is 0. The van der Waals surface area contributed by atoms with Gasteiger partial charge >= 0.3 is 0 Å². The smallest absolute Gasteiger partial charge is 0.250 e. The molecule has 1 aliphatic carbocycles. The third kappa shape index (κ3) is 4.31. The second-order valence-corrected chi connectivity index (χ2v) is 7.46. The summed E-state index contributed by atoms with van der Waals surface area (Å²) in [6, 6.07) is 12.5. The lowest BCUT2D eigenvalue weighted by Gasteiger charge is -2.16. The summed E-state index contributed by atoms with van der Waals surface area (Å²) in [5.41, 5.74) is 5.60. The third-order valence-electron chi connectivity index (χ3n) is 4.68. The van der Waals surface area contributed by atoms with Gasteiger partial charge in [-0.25, -0.2) is 9.37 Å². The molecule has 1 amide bonds. The van der Waals surface area contributed by atoms with E-state index in [2.05, 4.69) is 28.5 Å². The molecule has 0 unspecified atom stereocenters. The molecule has 0 saturated carbocycles. The average Bonchev–Trinajstić information content (AvgIpc) is 3.15. The van der Waals surface area contributed by atoms with Gasteiger partial charge in [0.15, 0.2) is 5.13 Å². The second-order valence-electron chi connectivity index (χ2n) is 6.60. The summed E-state index contributed by atoms with van der Waals surface area (Å²) in [6.07, 6.45) is 7.87. The number of rotatable bonds is 4. The fourth-order valence-corrected chi connectivity index (χ4v) is 3.97. The van der Waals surface area contributed by atoms with Gasteiger partial charge in [0.05, 0.1) is 5.69 Å². The number of carbonyl (C=O) groups is 1. The predicted octanol–water partition coefficient (Wildman–Crippen LogP) is 5.48. The molecule has 4 rings (SSSR count). The van der Waals surface area contributed by atoms with Crippen molar-refractivity contribution in [3.63, 3.8) is 0 Å². The van der Waals surface area contributed by atoms with E-state index in [-0.39, 0.29) is 11.7 Å². The molecule has 1 N–H and O–H groups in total. The van der Waals surface area contributed by atoms with Crippen molar-refractivity contribution in [2.45, 2.75) is 25.7 Å². The molecular weight excluding hydrogens is 359 g/mol. The summed E-state index contributed by atoms with van der Waals surface area (Å²) < 4.78 is 12.9. The van der Waals surface area contributed by atoms with E-state index in [1.54, 1.807) is 18.2 Å². The van der Waals surface area contributed by atoms with Crippen LogP contribution in [0.3, 0.4) is 0 Å². The first-order chi connectivity index (χ1) is 13.2. The minimum atomic E-state index is -0.297. The highest BCUT2D eigenvalue weighted by Crippen LogP contribution is 2.29. The molecule has 0 spiro atoms. The quantitative estimate of drug-likeness (QED) is 0.611. The van der Waals surface area contributed by atoms with E-state index in [4.69, 9.17) is 0 Å². The normalized spacial score (nSPS) is 13.5. The van der Waals surface area contributed by atoms with Crippen LogP contribution in [0.25, 0.3) is 17.3 Å². The number of thiazole rings is 1. The first-order valence-electron chi connectivity index (χ1n) is 9.00. The molecule has 136 valence electrons. The number of amides is 1. The van der Waals surface area contributed by atoms with Crippen LogP contribution in [0.2, 0.25) is 0 Å². The lowest BCUT2D eigenvalue weighted by molar-refractivity contribution is -0.111.